The summed E-state index contributed by atoms with van der Waals surface area (Å²) < 4.78 is 8.62. The number of nitrogens with one attached hydrogen (secondary N) is 2. The molecular formula is C32H40N4O3. The van der Waals surface area contributed by atoms with Gasteiger partial charge in [-0.2, -0.15) is 0 Å². The third-order valence-corrected chi connectivity index (χ3v) is 10.2. The Hall–Kier alpha value is -2.90. The highest BCUT2D eigenvalue weighted by atomic mass is 16.5. The molecular weight excluding hydrogens is 488 g/mol. The second-order valence-electron chi connectivity index (χ2n) is 12.2. The van der Waals surface area contributed by atoms with Crippen LogP contribution in [0.25, 0.3) is 11.0 Å². The molecule has 4 aliphatic rings. The highest BCUT2D eigenvalue weighted by Gasteiger charge is 2.53. The van der Waals surface area contributed by atoms with Gasteiger partial charge in [0.25, 0.3) is 0 Å². The lowest BCUT2D eigenvalue weighted by atomic mass is 9.80. The summed E-state index contributed by atoms with van der Waals surface area (Å²) in [6.45, 7) is 4.45. The van der Waals surface area contributed by atoms with Gasteiger partial charge in [-0.1, -0.05) is 43.5 Å². The predicted molar refractivity (Wildman–Crippen MR) is 152 cm³/mol. The molecule has 0 bridgehead atoms. The number of ether oxygens (including phenoxy) is 1. The second kappa shape index (κ2) is 10.3. The third kappa shape index (κ3) is 4.44. The van der Waals surface area contributed by atoms with E-state index in [1.807, 2.05) is 28.8 Å². The normalized spacial score (nSPS) is 24.4. The average Bonchev–Trinajstić information content (AvgIpc) is 3.47. The van der Waals surface area contributed by atoms with Crippen LogP contribution in [0.4, 0.5) is 0 Å². The first-order valence-electron chi connectivity index (χ1n) is 15.1. The van der Waals surface area contributed by atoms with Gasteiger partial charge in [0.05, 0.1) is 17.1 Å². The quantitative estimate of drug-likeness (QED) is 0.424. The van der Waals surface area contributed by atoms with E-state index in [1.54, 1.807) is 16.7 Å². The molecule has 2 fully saturated rings. The van der Waals surface area contributed by atoms with Crippen molar-refractivity contribution in [2.24, 2.45) is 5.92 Å². The molecule has 2 aliphatic carbocycles. The van der Waals surface area contributed by atoms with Crippen LogP contribution in [0.15, 0.2) is 41.2 Å². The zero-order valence-corrected chi connectivity index (χ0v) is 22.8. The highest BCUT2D eigenvalue weighted by molar-refractivity contribution is 5.74. The van der Waals surface area contributed by atoms with Crippen molar-refractivity contribution in [3.05, 3.63) is 69.1 Å². The number of H-pyrrole nitrogens is 1. The monoisotopic (exact) mass is 528 g/mol. The van der Waals surface area contributed by atoms with Crippen molar-refractivity contribution < 1.29 is 9.53 Å². The predicted octanol–water partition coefficient (Wildman–Crippen LogP) is 4.42. The van der Waals surface area contributed by atoms with Gasteiger partial charge in [-0.25, -0.2) is 4.79 Å². The van der Waals surface area contributed by atoms with Crippen molar-refractivity contribution in [3.63, 3.8) is 0 Å². The first-order valence-corrected chi connectivity index (χ1v) is 15.1. The average molecular weight is 529 g/mol. The number of hydrogen-bond acceptors (Lipinski definition) is 4. The minimum atomic E-state index is -0.0528. The summed E-state index contributed by atoms with van der Waals surface area (Å²) >= 11 is 0. The van der Waals surface area contributed by atoms with Crippen molar-refractivity contribution in [1.29, 1.82) is 0 Å². The maximum atomic E-state index is 12.4. The number of amides is 1. The van der Waals surface area contributed by atoms with Crippen LogP contribution in [0, 0.1) is 5.92 Å². The van der Waals surface area contributed by atoms with Crippen LogP contribution in [0.1, 0.15) is 79.7 Å². The number of carbonyl (C=O) groups is 1. The number of para-hydroxylation sites is 2. The molecule has 1 saturated heterocycles. The fourth-order valence-corrected chi connectivity index (χ4v) is 8.14. The zero-order valence-electron chi connectivity index (χ0n) is 22.8. The molecule has 1 amide bonds. The Labute approximate surface area is 229 Å². The minimum Gasteiger partial charge on any atom is -0.368 e. The molecule has 2 aliphatic heterocycles. The molecule has 2 aromatic carbocycles. The van der Waals surface area contributed by atoms with Gasteiger partial charge < -0.3 is 19.9 Å². The number of aromatic nitrogens is 2. The van der Waals surface area contributed by atoms with Crippen LogP contribution < -0.4 is 11.0 Å². The van der Waals surface area contributed by atoms with Crippen LogP contribution in [0.3, 0.4) is 0 Å². The number of imidazole rings is 1. The van der Waals surface area contributed by atoms with Crippen molar-refractivity contribution in [3.8, 4) is 0 Å². The van der Waals surface area contributed by atoms with Gasteiger partial charge in [-0.15, -0.1) is 0 Å². The topological polar surface area (TPSA) is 79.4 Å². The molecule has 1 aromatic heterocycles. The number of benzene rings is 2. The maximum absolute atomic E-state index is 12.4. The Balaban J connectivity index is 0.993. The third-order valence-electron chi connectivity index (χ3n) is 10.2. The SMILES string of the molecule is O=CNCC1OC(C2CCN(CCCn3c(=O)[nH]c4ccccc43)CC2)Cc2c1ccc1c2C12CCCCC2. The van der Waals surface area contributed by atoms with Gasteiger partial charge >= 0.3 is 5.69 Å². The Morgan fingerprint density at radius 2 is 1.87 bits per heavy atom. The van der Waals surface area contributed by atoms with Crippen LogP contribution in [-0.4, -0.2) is 53.1 Å². The standard InChI is InChI=1S/C32H40N4O3/c37-21-33-20-29-23-9-10-25-30(32(25)13-4-1-5-14-32)24(23)19-28(39-29)22-11-17-35(18-12-22)15-6-16-36-27-8-3-2-7-26(27)34-31(36)38/h2-3,7-10,21-22,28-29H,1,4-6,11-20H2,(H,33,37)(H,34,38). The molecule has 39 heavy (non-hydrogen) atoms. The number of hydrogen-bond donors (Lipinski definition) is 2. The van der Waals surface area contributed by atoms with E-state index in [-0.39, 0.29) is 17.9 Å². The van der Waals surface area contributed by atoms with Crippen LogP contribution in [-0.2, 0) is 27.9 Å². The fraction of sp³-hybridized carbons (Fsp3) is 0.562. The molecule has 2 unspecified atom stereocenters. The molecule has 0 radical (unpaired) electrons. The number of fused-ring (bicyclic) bond motifs is 6. The summed E-state index contributed by atoms with van der Waals surface area (Å²) in [5.41, 5.74) is 8.35. The number of aryl methyl sites for hydroxylation is 1. The van der Waals surface area contributed by atoms with E-state index in [2.05, 4.69) is 27.3 Å². The van der Waals surface area contributed by atoms with E-state index in [1.165, 1.54) is 37.7 Å². The highest BCUT2D eigenvalue weighted by Crippen LogP contribution is 2.61. The maximum Gasteiger partial charge on any atom is 0.326 e. The van der Waals surface area contributed by atoms with Gasteiger partial charge in [-0.05, 0) is 98.5 Å². The molecule has 3 heterocycles. The zero-order chi connectivity index (χ0) is 26.4. The van der Waals surface area contributed by atoms with Crippen LogP contribution in [0.2, 0.25) is 0 Å². The summed E-state index contributed by atoms with van der Waals surface area (Å²) in [5.74, 6) is 0.543. The van der Waals surface area contributed by atoms with Gasteiger partial charge in [0, 0.05) is 18.5 Å². The number of aromatic amines is 1. The van der Waals surface area contributed by atoms with Crippen LogP contribution >= 0.6 is 0 Å². The number of rotatable bonds is 8. The number of nitrogens with zero attached hydrogens (tertiary/aromatic N) is 2. The molecule has 7 heteroatoms. The van der Waals surface area contributed by atoms with E-state index < -0.39 is 0 Å². The minimum absolute atomic E-state index is 0.0156. The lowest BCUT2D eigenvalue weighted by molar-refractivity contribution is -0.111. The lowest BCUT2D eigenvalue weighted by Gasteiger charge is -2.40. The molecule has 1 spiro atoms. The first kappa shape index (κ1) is 25.1. The second-order valence-corrected chi connectivity index (χ2v) is 12.2. The Morgan fingerprint density at radius 1 is 1.05 bits per heavy atom. The summed E-state index contributed by atoms with van der Waals surface area (Å²) in [4.78, 5) is 29.1. The Morgan fingerprint density at radius 3 is 2.69 bits per heavy atom. The molecule has 1 saturated carbocycles. The molecule has 7 nitrogen and oxygen atoms in total. The molecule has 3 aromatic rings. The first-order chi connectivity index (χ1) is 19.2. The fourth-order valence-electron chi connectivity index (χ4n) is 8.14. The number of carbonyl (C=O) groups excluding carboxylic acids is 1. The van der Waals surface area contributed by atoms with Gasteiger partial charge in [-0.3, -0.25) is 9.36 Å². The Bertz CT molecular complexity index is 1410. The Kier molecular flexibility index (Phi) is 6.60. The summed E-state index contributed by atoms with van der Waals surface area (Å²) in [7, 11) is 0. The van der Waals surface area contributed by atoms with Gasteiger partial charge in [0.1, 0.15) is 6.10 Å². The van der Waals surface area contributed by atoms with E-state index in [9.17, 15) is 9.59 Å². The van der Waals surface area contributed by atoms with Crippen molar-refractivity contribution in [2.75, 3.05) is 26.2 Å². The summed E-state index contributed by atoms with van der Waals surface area (Å²) in [5, 5.41) is 2.91. The summed E-state index contributed by atoms with van der Waals surface area (Å²) in [6, 6.07) is 12.6. The van der Waals surface area contributed by atoms with Gasteiger partial charge in [0.2, 0.25) is 6.41 Å². The molecule has 7 rings (SSSR count). The van der Waals surface area contributed by atoms with Crippen molar-refractivity contribution in [1.82, 2.24) is 19.8 Å². The van der Waals surface area contributed by atoms with E-state index in [0.29, 0.717) is 17.9 Å². The number of likely N-dealkylation sites (tertiary alicyclic amines) is 1. The molecule has 206 valence electrons. The van der Waals surface area contributed by atoms with Crippen molar-refractivity contribution in [2.45, 2.75) is 82.0 Å². The van der Waals surface area contributed by atoms with Crippen molar-refractivity contribution >= 4 is 17.4 Å². The van der Waals surface area contributed by atoms with E-state index in [0.717, 1.165) is 69.3 Å². The van der Waals surface area contributed by atoms with E-state index in [4.69, 9.17) is 4.74 Å². The van der Waals surface area contributed by atoms with Crippen LogP contribution in [0.5, 0.6) is 0 Å². The molecule has 2 atom stereocenters. The molecule has 2 N–H and O–H groups in total. The van der Waals surface area contributed by atoms with Gasteiger partial charge in [0.15, 0.2) is 0 Å². The lowest BCUT2D eigenvalue weighted by Crippen LogP contribution is -2.43. The number of piperidine rings is 1. The smallest absolute Gasteiger partial charge is 0.326 e. The summed E-state index contributed by atoms with van der Waals surface area (Å²) in [6.07, 6.45) is 11.9. The van der Waals surface area contributed by atoms with E-state index >= 15 is 0 Å². The largest absolute Gasteiger partial charge is 0.368 e.